The summed E-state index contributed by atoms with van der Waals surface area (Å²) in [4.78, 5) is 156. The number of sulfonamides is 1. The van der Waals surface area contributed by atoms with Crippen LogP contribution in [0.4, 0.5) is 22.7 Å². The van der Waals surface area contributed by atoms with Gasteiger partial charge in [-0.25, -0.2) is 44.9 Å². The number of likely N-dealkylation sites (N-methyl/N-ethyl adjacent to an activating group) is 1. The van der Waals surface area contributed by atoms with Crippen molar-refractivity contribution < 1.29 is 108 Å². The Labute approximate surface area is 851 Å². The first-order valence-corrected chi connectivity index (χ1v) is 47.9. The molecule has 748 valence electrons. The molecule has 0 saturated heterocycles. The van der Waals surface area contributed by atoms with Crippen LogP contribution >= 0.6 is 46.4 Å². The Bertz CT molecular complexity index is 6590. The first-order valence-electron chi connectivity index (χ1n) is 43.6. The van der Waals surface area contributed by atoms with Crippen molar-refractivity contribution in [3.8, 4) is 17.2 Å². The molecule has 143 heavy (non-hydrogen) atoms. The number of carbonyl (C=O) groups is 12. The Balaban J connectivity index is 0.000000244. The topological polar surface area (TPSA) is 425 Å². The lowest BCUT2D eigenvalue weighted by atomic mass is 9.87. The average molecular weight is 2070 g/mol. The molecule has 0 aromatic heterocycles. The van der Waals surface area contributed by atoms with Crippen LogP contribution in [0.15, 0.2) is 254 Å². The summed E-state index contributed by atoms with van der Waals surface area (Å²) in [6.45, 7) is 31.7. The van der Waals surface area contributed by atoms with Gasteiger partial charge in [-0.1, -0.05) is 217 Å². The summed E-state index contributed by atoms with van der Waals surface area (Å²) in [6, 6.07) is 70.8. The minimum atomic E-state index is -3.86. The fourth-order valence-electron chi connectivity index (χ4n) is 12.3. The molecule has 0 spiro atoms. The van der Waals surface area contributed by atoms with E-state index in [4.69, 9.17) is 93.1 Å². The summed E-state index contributed by atoms with van der Waals surface area (Å²) in [5.41, 5.74) is 9.89. The molecule has 0 fully saturated rings. The summed E-state index contributed by atoms with van der Waals surface area (Å²) in [5, 5.41) is 18.8. The number of halogens is 4. The average Bonchev–Trinajstić information content (AvgIpc) is 0.543. The lowest BCUT2D eigenvalue weighted by Gasteiger charge is -2.23. The highest BCUT2D eigenvalue weighted by atomic mass is 35.5. The van der Waals surface area contributed by atoms with E-state index in [0.717, 1.165) is 58.9 Å². The summed E-state index contributed by atoms with van der Waals surface area (Å²) in [5.74, 6) is -7.33. The summed E-state index contributed by atoms with van der Waals surface area (Å²) >= 11 is 24.1. The van der Waals surface area contributed by atoms with Gasteiger partial charge in [0.1, 0.15) is 39.1 Å². The van der Waals surface area contributed by atoms with Crippen molar-refractivity contribution in [2.45, 2.75) is 118 Å². The lowest BCUT2D eigenvalue weighted by molar-refractivity contribution is -0.160. The number of nitrogens with zero attached hydrogens (tertiary/aromatic N) is 3. The zero-order valence-corrected chi connectivity index (χ0v) is 84.8. The second-order valence-electron chi connectivity index (χ2n) is 32.3. The third-order valence-corrected chi connectivity index (χ3v) is 23.4. The highest BCUT2D eigenvalue weighted by Gasteiger charge is 2.39. The summed E-state index contributed by atoms with van der Waals surface area (Å²) < 4.78 is 76.3. The molecule has 11 aromatic rings. The smallest absolute Gasteiger partial charge is 0.446 e. The van der Waals surface area contributed by atoms with E-state index in [2.05, 4.69) is 81.5 Å². The van der Waals surface area contributed by atoms with Crippen molar-refractivity contribution in [1.82, 2.24) is 14.9 Å². The van der Waals surface area contributed by atoms with Crippen LogP contribution in [0.2, 0.25) is 20.1 Å². The van der Waals surface area contributed by atoms with Crippen LogP contribution in [0.1, 0.15) is 138 Å². The fraction of sp³-hybridized carbons (Fsp3) is 0.238. The molecule has 6 atom stereocenters. The molecule has 6 unspecified atom stereocenters. The predicted molar refractivity (Wildman–Crippen MR) is 545 cm³/mol. The Morgan fingerprint density at radius 1 is 0.469 bits per heavy atom. The first kappa shape index (κ1) is 115. The Morgan fingerprint density at radius 3 is 1.43 bits per heavy atom. The number of amides is 5. The maximum atomic E-state index is 13.2. The molecule has 0 bridgehead atoms. The van der Waals surface area contributed by atoms with E-state index >= 15 is 0 Å². The predicted octanol–water partition coefficient (Wildman–Crippen LogP) is 17.6. The third kappa shape index (κ3) is 36.3. The summed E-state index contributed by atoms with van der Waals surface area (Å²) in [6.07, 6.45) is -5.98. The molecule has 0 radical (unpaired) electrons. The molecule has 32 nitrogen and oxygen atoms in total. The largest absolute Gasteiger partial charge is 0.472 e. The fourth-order valence-corrected chi connectivity index (χ4v) is 14.7. The van der Waals surface area contributed by atoms with E-state index in [1.807, 2.05) is 100 Å². The van der Waals surface area contributed by atoms with E-state index in [1.54, 1.807) is 115 Å². The molecule has 11 aromatic carbocycles. The van der Waals surface area contributed by atoms with Crippen LogP contribution in [0.25, 0.3) is 9.69 Å². The second kappa shape index (κ2) is 55.9. The third-order valence-electron chi connectivity index (χ3n) is 19.8. The number of methoxy groups -OCH3 is 1. The Hall–Kier alpha value is -15.0. The number of Topliss-reactive ketones (excluding diaryl/α,β-unsaturated/α-hetero) is 3. The number of benzene rings is 11. The van der Waals surface area contributed by atoms with Gasteiger partial charge in [-0.05, 0) is 205 Å². The number of carbonyl (C=O) groups excluding carboxylic acids is 12. The van der Waals surface area contributed by atoms with Gasteiger partial charge < -0.3 is 69.2 Å². The van der Waals surface area contributed by atoms with Crippen molar-refractivity contribution in [2.24, 2.45) is 5.41 Å². The molecule has 0 saturated carbocycles. The first-order chi connectivity index (χ1) is 67.8. The van der Waals surface area contributed by atoms with Crippen molar-refractivity contribution >= 4 is 161 Å². The number of hydrogen-bond acceptors (Lipinski definition) is 23. The Kier molecular flexibility index (Phi) is 44.9. The number of ether oxygens (including phenoxy) is 7. The highest BCUT2D eigenvalue weighted by molar-refractivity contribution is 7.89. The SMILES string of the molecule is CCNC(=O)C(Oc1cccc(Cc2ccc(C)cc2)c1)C(=O)c1ccc(NS(=O)CO)cc1.CCOC(=O)C(OC(=O)c1ccc(C)cc1)C(=O)Nc1cc(C(=O)N(C)C)ccc1Cl.CNS(=O)(=O)c1cc(Cl)c(NC(=O)C(OC(C)=O)C(=O)C(C)(C)C)cc1Cl.[C-]#[N+]C(Oc1ccc(C)cc1)C(=O)Nc1cc(C(=O)OC)ccc1Cl.[C-]#[N+]C(Oc1ccc(C)cc1)C(=O)c1ccc(Cc2ccccc2)cc1. The molecule has 0 aliphatic heterocycles. The minimum absolute atomic E-state index is 0.0156. The lowest BCUT2D eigenvalue weighted by Crippen LogP contribution is -2.44. The molecule has 38 heteroatoms. The number of anilines is 4. The molecule has 0 aliphatic carbocycles. The van der Waals surface area contributed by atoms with Crippen LogP contribution in [0.5, 0.6) is 17.2 Å². The van der Waals surface area contributed by atoms with Gasteiger partial charge in [0, 0.05) is 55.4 Å². The number of ketones is 3. The van der Waals surface area contributed by atoms with Gasteiger partial charge in [0.05, 0.1) is 62.0 Å². The van der Waals surface area contributed by atoms with E-state index in [1.165, 1.54) is 90.8 Å². The molecule has 11 rings (SSSR count). The van der Waals surface area contributed by atoms with Crippen LogP contribution in [-0.4, -0.2) is 172 Å². The number of aryl methyl sites for hydroxylation is 4. The monoisotopic (exact) mass is 2060 g/mol. The maximum Gasteiger partial charge on any atom is 0.446 e. The standard InChI is InChI=1S/C26H28N2O5S.C23H19NO2.C22H23ClN2O6.C18H15ClN2O4.C16H20Cl2N2O6S/c1-3-27-26(31)25(24(30)21-11-13-22(14-12-21)28-34(32)17-29)33-23-6-4-5-20(16-23)15-19-9-7-18(2)8-10-19;1-17-8-14-21(15-9-17)26-23(24-2)22(25)20-12-10-19(11-13-20)16-18-6-4-3-5-7-18;1-5-30-22(29)18(31-21(28)14-8-6-13(2)7-9-14)19(26)24-17-12-15(10-11-16(17)23)20(27)25(3)4;1-11-4-7-13(8-5-11)25-17(20-2)16(22)21-15-10-12(18(23)24-3)6-9-14(15)19;1-8(21)26-13(14(22)16(2,3)4)15(23)20-11-6-10(18)12(7-9(11)17)27(24,25)19-5/h4-14,16,25,28-29H,3,15,17H2,1-2H3,(H,27,31);3-15,23H,16H2,1H3;6-12,18H,5H2,1-4H3,(H,24,26);4-10,17H,1,3H3,(H,21,22);6-7,13,19H,1-5H3,(H,20,23). The van der Waals surface area contributed by atoms with Gasteiger partial charge in [0.15, 0.2) is 5.78 Å². The van der Waals surface area contributed by atoms with Crippen molar-refractivity contribution in [2.75, 3.05) is 68.0 Å². The van der Waals surface area contributed by atoms with Gasteiger partial charge in [-0.2, -0.15) is 0 Å². The quantitative estimate of drug-likeness (QED) is 0.00637. The van der Waals surface area contributed by atoms with Gasteiger partial charge in [0.2, 0.25) is 28.0 Å². The van der Waals surface area contributed by atoms with Crippen LogP contribution < -0.4 is 44.9 Å². The number of aliphatic hydroxyl groups is 1. The van der Waals surface area contributed by atoms with E-state index in [0.29, 0.717) is 41.5 Å². The van der Waals surface area contributed by atoms with Crippen LogP contribution in [-0.2, 0) is 86.4 Å². The van der Waals surface area contributed by atoms with Gasteiger partial charge >= 0.3 is 42.2 Å². The van der Waals surface area contributed by atoms with E-state index in [-0.39, 0.29) is 82.6 Å². The number of rotatable bonds is 35. The number of aliphatic hydroxyl groups excluding tert-OH is 1. The highest BCUT2D eigenvalue weighted by Crippen LogP contribution is 2.34. The van der Waals surface area contributed by atoms with E-state index in [9.17, 15) is 70.2 Å². The number of esters is 4. The van der Waals surface area contributed by atoms with Gasteiger partial charge in [-0.15, -0.1) is 0 Å². The number of nitrogens with one attached hydrogen (secondary N) is 6. The number of hydrogen-bond donors (Lipinski definition) is 7. The maximum absolute atomic E-state index is 13.2. The van der Waals surface area contributed by atoms with Crippen molar-refractivity contribution in [3.05, 3.63) is 364 Å². The second-order valence-corrected chi connectivity index (χ2v) is 36.9. The molecular weight excluding hydrogens is 1960 g/mol. The zero-order valence-electron chi connectivity index (χ0n) is 80.2. The Morgan fingerprint density at radius 2 is 0.923 bits per heavy atom. The zero-order chi connectivity index (χ0) is 106. The van der Waals surface area contributed by atoms with Crippen LogP contribution in [0.3, 0.4) is 0 Å². The van der Waals surface area contributed by atoms with Crippen molar-refractivity contribution in [1.29, 1.82) is 0 Å². The molecule has 5 amide bonds. The van der Waals surface area contributed by atoms with E-state index < -0.39 is 122 Å². The van der Waals surface area contributed by atoms with Crippen molar-refractivity contribution in [3.63, 3.8) is 0 Å². The van der Waals surface area contributed by atoms with Crippen LogP contribution in [0, 0.1) is 46.3 Å². The van der Waals surface area contributed by atoms with Gasteiger partial charge in [0.25, 0.3) is 35.5 Å². The molecule has 0 aliphatic rings. The molecular formula is C105H105Cl4N9O23S2. The van der Waals surface area contributed by atoms with Gasteiger partial charge in [-0.3, -0.25) is 52.8 Å². The summed E-state index contributed by atoms with van der Waals surface area (Å²) in [7, 11) is 0.123. The minimum Gasteiger partial charge on any atom is -0.472 e. The normalized spacial score (nSPS) is 11.9. The molecule has 0 heterocycles. The molecule has 7 N–H and O–H groups in total.